The van der Waals surface area contributed by atoms with Gasteiger partial charge in [-0.1, -0.05) is 12.1 Å². The highest BCUT2D eigenvalue weighted by molar-refractivity contribution is 5.88. The number of nitrogens with zero attached hydrogens (tertiary/aromatic N) is 7. The van der Waals surface area contributed by atoms with Crippen LogP contribution in [0.3, 0.4) is 0 Å². The summed E-state index contributed by atoms with van der Waals surface area (Å²) in [5.74, 6) is -0.0630. The number of pyridine rings is 1. The summed E-state index contributed by atoms with van der Waals surface area (Å²) in [6.07, 6.45) is -1.35. The molecule has 44 heavy (non-hydrogen) atoms. The summed E-state index contributed by atoms with van der Waals surface area (Å²) in [4.78, 5) is 17.0. The van der Waals surface area contributed by atoms with Crippen LogP contribution in [-0.4, -0.2) is 69.2 Å². The van der Waals surface area contributed by atoms with E-state index in [1.165, 1.54) is 10.6 Å². The first kappa shape index (κ1) is 30.2. The van der Waals surface area contributed by atoms with Gasteiger partial charge in [0.2, 0.25) is 0 Å². The smallest absolute Gasteiger partial charge is 0.416 e. The number of nitrogens with one attached hydrogen (secondary N) is 1. The third kappa shape index (κ3) is 6.55. The highest BCUT2D eigenvalue weighted by Crippen LogP contribution is 2.38. The molecule has 0 unspecified atom stereocenters. The number of amides is 1. The Kier molecular flexibility index (Phi) is 8.12. The molecule has 0 aliphatic rings. The molecule has 1 N–H and O–H groups in total. The maximum absolute atomic E-state index is 13.7. The Bertz CT molecular complexity index is 1860. The fourth-order valence-corrected chi connectivity index (χ4v) is 4.83. The number of alkyl halides is 3. The normalized spacial score (nSPS) is 11.9. The zero-order chi connectivity index (χ0) is 31.6. The molecule has 0 fully saturated rings. The molecule has 0 saturated heterocycles. The average molecular weight is 604 g/mol. The van der Waals surface area contributed by atoms with Gasteiger partial charge in [0.1, 0.15) is 0 Å². The molecule has 0 saturated carbocycles. The van der Waals surface area contributed by atoms with Crippen molar-refractivity contribution in [2.24, 2.45) is 0 Å². The maximum atomic E-state index is 13.7. The van der Waals surface area contributed by atoms with Gasteiger partial charge in [0.25, 0.3) is 5.95 Å². The fraction of sp³-hybridized carbons (Fsp3) is 0.258. The number of quaternary nitrogens is 1. The van der Waals surface area contributed by atoms with Gasteiger partial charge in [-0.15, -0.1) is 5.10 Å². The van der Waals surface area contributed by atoms with Gasteiger partial charge in [-0.05, 0) is 60.5 Å². The molecule has 226 valence electrons. The Morgan fingerprint density at radius 3 is 2.55 bits per heavy atom. The minimum Gasteiger partial charge on any atom is -0.449 e. The lowest BCUT2D eigenvalue weighted by Crippen LogP contribution is -2.36. The monoisotopic (exact) mass is 603 g/mol. The van der Waals surface area contributed by atoms with Gasteiger partial charge in [0.05, 0.1) is 69.1 Å². The van der Waals surface area contributed by atoms with Crippen LogP contribution in [0.4, 0.5) is 23.9 Å². The zero-order valence-electron chi connectivity index (χ0n) is 24.6. The number of hydrogen-bond acceptors (Lipinski definition) is 6. The molecule has 5 rings (SSSR count). The van der Waals surface area contributed by atoms with Crippen molar-refractivity contribution in [3.63, 3.8) is 0 Å². The van der Waals surface area contributed by atoms with Gasteiger partial charge < -0.3 is 9.22 Å². The van der Waals surface area contributed by atoms with E-state index in [1.54, 1.807) is 60.4 Å². The zero-order valence-corrected chi connectivity index (χ0v) is 24.6. The molecule has 3 aromatic heterocycles. The van der Waals surface area contributed by atoms with Crippen LogP contribution < -0.4 is 5.32 Å². The molecule has 0 aliphatic carbocycles. The van der Waals surface area contributed by atoms with E-state index in [2.05, 4.69) is 26.6 Å². The third-order valence-electron chi connectivity index (χ3n) is 6.94. The first-order valence-corrected chi connectivity index (χ1v) is 13.7. The van der Waals surface area contributed by atoms with E-state index in [9.17, 15) is 23.2 Å². The minimum atomic E-state index is -4.55. The molecule has 10 nitrogen and oxygen atoms in total. The van der Waals surface area contributed by atoms with Crippen LogP contribution in [-0.2, 0) is 10.9 Å². The number of carbonyl (C=O) groups excluding carboxylic acids is 1. The lowest BCUT2D eigenvalue weighted by atomic mass is 9.95. The molecule has 2 aromatic carbocycles. The minimum absolute atomic E-state index is 0.0630. The predicted octanol–water partition coefficient (Wildman–Crippen LogP) is 6.09. The maximum Gasteiger partial charge on any atom is 0.416 e. The van der Waals surface area contributed by atoms with Crippen molar-refractivity contribution in [2.45, 2.75) is 19.5 Å². The number of halogens is 3. The Balaban J connectivity index is 1.59. The first-order valence-electron chi connectivity index (χ1n) is 13.7. The summed E-state index contributed by atoms with van der Waals surface area (Å²) in [6, 6.07) is 15.7. The van der Waals surface area contributed by atoms with Gasteiger partial charge in [-0.3, -0.25) is 5.32 Å². The quantitative estimate of drug-likeness (QED) is 0.170. The van der Waals surface area contributed by atoms with Crippen LogP contribution in [0.15, 0.2) is 67.0 Å². The largest absolute Gasteiger partial charge is 0.449 e. The number of nitriles is 1. The van der Waals surface area contributed by atoms with E-state index in [1.807, 2.05) is 21.1 Å². The van der Waals surface area contributed by atoms with Gasteiger partial charge in [-0.25, -0.2) is 14.0 Å². The Labute approximate surface area is 251 Å². The van der Waals surface area contributed by atoms with Crippen LogP contribution >= 0.6 is 0 Å². The second kappa shape index (κ2) is 11.8. The average Bonchev–Trinajstić information content (AvgIpc) is 3.61. The summed E-state index contributed by atoms with van der Waals surface area (Å²) < 4.78 is 50.2. The molecule has 3 heterocycles. The number of hydrogen-bond donors (Lipinski definition) is 1. The van der Waals surface area contributed by atoms with Crippen molar-refractivity contribution < 1.29 is 27.2 Å². The van der Waals surface area contributed by atoms with Crippen molar-refractivity contribution >= 4 is 17.7 Å². The molecule has 1 amide bonds. The molecular weight excluding hydrogens is 573 g/mol. The van der Waals surface area contributed by atoms with Gasteiger partial charge in [0.15, 0.2) is 5.65 Å². The van der Waals surface area contributed by atoms with Crippen molar-refractivity contribution in [3.8, 4) is 34.1 Å². The lowest BCUT2D eigenvalue weighted by Gasteiger charge is -2.23. The van der Waals surface area contributed by atoms with Crippen LogP contribution in [0.2, 0.25) is 0 Å². The highest BCUT2D eigenvalue weighted by atomic mass is 19.4. The number of fused-ring (bicyclic) bond motifs is 1. The molecule has 0 aliphatic heterocycles. The highest BCUT2D eigenvalue weighted by Gasteiger charge is 2.31. The third-order valence-corrected chi connectivity index (χ3v) is 6.94. The molecule has 0 atom stereocenters. The second-order valence-corrected chi connectivity index (χ2v) is 11.2. The van der Waals surface area contributed by atoms with Crippen molar-refractivity contribution in [2.75, 3.05) is 39.6 Å². The molecule has 0 radical (unpaired) electrons. The topological polar surface area (TPSA) is 110 Å². The summed E-state index contributed by atoms with van der Waals surface area (Å²) in [7, 11) is 6.11. The SMILES string of the molecule is Cc1c(-c2ccnn2-c2ccc(C#N)cc2)cn2nc(NC(=O)OCCC[N+](C)(C)C)nc2c1-c1cccc(C(F)(F)F)c1. The van der Waals surface area contributed by atoms with E-state index in [0.29, 0.717) is 40.1 Å². The second-order valence-electron chi connectivity index (χ2n) is 11.2. The van der Waals surface area contributed by atoms with E-state index < -0.39 is 17.8 Å². The first-order chi connectivity index (χ1) is 20.8. The van der Waals surface area contributed by atoms with Gasteiger partial charge >= 0.3 is 12.3 Å². The molecule has 13 heteroatoms. The number of benzene rings is 2. The van der Waals surface area contributed by atoms with E-state index in [0.717, 1.165) is 23.2 Å². The lowest BCUT2D eigenvalue weighted by molar-refractivity contribution is -0.870. The Morgan fingerprint density at radius 2 is 1.86 bits per heavy atom. The van der Waals surface area contributed by atoms with Crippen molar-refractivity contribution in [3.05, 3.63) is 83.7 Å². The number of anilines is 1. The number of rotatable bonds is 8. The van der Waals surface area contributed by atoms with Crippen LogP contribution in [0.25, 0.3) is 33.7 Å². The van der Waals surface area contributed by atoms with E-state index in [-0.39, 0.29) is 23.8 Å². The Hall–Kier alpha value is -5.22. The summed E-state index contributed by atoms with van der Waals surface area (Å²) in [5.41, 5.74) is 3.14. The molecule has 0 bridgehead atoms. The van der Waals surface area contributed by atoms with Gasteiger partial charge in [0, 0.05) is 23.7 Å². The fourth-order valence-electron chi connectivity index (χ4n) is 4.83. The Morgan fingerprint density at radius 1 is 1.11 bits per heavy atom. The summed E-state index contributed by atoms with van der Waals surface area (Å²) >= 11 is 0. The number of ether oxygens (including phenoxy) is 1. The number of carbonyl (C=O) groups is 1. The molecule has 5 aromatic rings. The van der Waals surface area contributed by atoms with E-state index >= 15 is 0 Å². The van der Waals surface area contributed by atoms with Gasteiger partial charge in [-0.2, -0.15) is 28.5 Å². The standard InChI is InChI=1S/C31H29F3N8O2/c1-20-25(26-13-14-36-41(26)24-11-9-21(18-35)10-12-24)19-40-28(27(20)22-7-5-8-23(17-22)31(32,33)34)37-29(39-40)38-30(43)44-16-6-15-42(2,3)4/h5,7-14,17,19H,6,15-16H2,1-4H3/p+1. The van der Waals surface area contributed by atoms with E-state index in [4.69, 9.17) is 4.74 Å². The molecule has 0 spiro atoms. The van der Waals surface area contributed by atoms with Crippen molar-refractivity contribution in [1.82, 2.24) is 24.4 Å². The summed E-state index contributed by atoms with van der Waals surface area (Å²) in [6.45, 7) is 2.79. The van der Waals surface area contributed by atoms with Crippen molar-refractivity contribution in [1.29, 1.82) is 5.26 Å². The van der Waals surface area contributed by atoms with Crippen LogP contribution in [0.1, 0.15) is 23.1 Å². The van der Waals surface area contributed by atoms with Crippen LogP contribution in [0, 0.1) is 18.3 Å². The number of aromatic nitrogens is 5. The van der Waals surface area contributed by atoms with Crippen LogP contribution in [0.5, 0.6) is 0 Å². The predicted molar refractivity (Wildman–Crippen MR) is 158 cm³/mol. The molecular formula is C31H30F3N8O2+. The summed E-state index contributed by atoms with van der Waals surface area (Å²) in [5, 5.41) is 20.6.